The molecule has 0 saturated carbocycles. The Morgan fingerprint density at radius 2 is 2.08 bits per heavy atom. The van der Waals surface area contributed by atoms with Crippen molar-refractivity contribution < 1.29 is 9.32 Å². The van der Waals surface area contributed by atoms with Crippen molar-refractivity contribution in [2.75, 3.05) is 13.1 Å². The van der Waals surface area contributed by atoms with E-state index >= 15 is 0 Å². The minimum atomic E-state index is -0.0933. The maximum absolute atomic E-state index is 13.0. The smallest absolute Gasteiger partial charge is 0.258 e. The topological polar surface area (TPSA) is 85.2 Å². The summed E-state index contributed by atoms with van der Waals surface area (Å²) in [5, 5.41) is 3.81. The fourth-order valence-electron chi connectivity index (χ4n) is 2.98. The van der Waals surface area contributed by atoms with Crippen LogP contribution in [0.25, 0.3) is 11.5 Å². The van der Waals surface area contributed by atoms with E-state index in [1.165, 1.54) is 0 Å². The van der Waals surface area contributed by atoms with E-state index in [-0.39, 0.29) is 29.8 Å². The van der Waals surface area contributed by atoms with Crippen molar-refractivity contribution in [1.82, 2.24) is 15.0 Å². The number of carbonyl (C=O) groups excluding carboxylic acids is 1. The van der Waals surface area contributed by atoms with Gasteiger partial charge >= 0.3 is 0 Å². The van der Waals surface area contributed by atoms with Crippen LogP contribution in [-0.2, 0) is 0 Å². The molecule has 1 aromatic heterocycles. The lowest BCUT2D eigenvalue weighted by molar-refractivity contribution is 0.0533. The molecule has 3 rings (SSSR count). The highest BCUT2D eigenvalue weighted by atomic mass is 35.5. The van der Waals surface area contributed by atoms with Crippen LogP contribution >= 0.6 is 12.4 Å². The molecule has 1 aliphatic rings. The first-order valence-electron chi connectivity index (χ1n) is 7.83. The molecular formula is C17H23ClN4O2. The first-order chi connectivity index (χ1) is 10.9. The third kappa shape index (κ3) is 3.44. The predicted molar refractivity (Wildman–Crippen MR) is 94.0 cm³/mol. The first-order valence-corrected chi connectivity index (χ1v) is 7.83. The number of nitrogens with two attached hydrogens (primary N) is 1. The standard InChI is InChI=1S/C17H22N4O2.ClH/c1-11-19-15(23-20-11)12-6-4-5-7-13(12)16(22)21-9-8-14(18)17(2,3)10-21;/h4-7,14H,8-10,18H2,1-3H3;1H. The zero-order valence-electron chi connectivity index (χ0n) is 14.2. The van der Waals surface area contributed by atoms with Gasteiger partial charge in [-0.3, -0.25) is 4.79 Å². The highest BCUT2D eigenvalue weighted by molar-refractivity contribution is 6.00. The summed E-state index contributed by atoms with van der Waals surface area (Å²) < 4.78 is 5.23. The molecule has 130 valence electrons. The van der Waals surface area contributed by atoms with Crippen LogP contribution in [0.5, 0.6) is 0 Å². The van der Waals surface area contributed by atoms with Crippen molar-refractivity contribution in [2.45, 2.75) is 33.2 Å². The lowest BCUT2D eigenvalue weighted by Crippen LogP contribution is -2.54. The number of likely N-dealkylation sites (tertiary alicyclic amines) is 1. The number of carbonyl (C=O) groups is 1. The minimum Gasteiger partial charge on any atom is -0.338 e. The lowest BCUT2D eigenvalue weighted by Gasteiger charge is -2.42. The third-order valence-electron chi connectivity index (χ3n) is 4.51. The van der Waals surface area contributed by atoms with Crippen LogP contribution in [0.3, 0.4) is 0 Å². The van der Waals surface area contributed by atoms with Gasteiger partial charge in [0.25, 0.3) is 11.8 Å². The maximum atomic E-state index is 13.0. The van der Waals surface area contributed by atoms with E-state index < -0.39 is 0 Å². The summed E-state index contributed by atoms with van der Waals surface area (Å²) in [6, 6.07) is 7.46. The minimum absolute atomic E-state index is 0. The monoisotopic (exact) mass is 350 g/mol. The molecule has 1 saturated heterocycles. The van der Waals surface area contributed by atoms with Gasteiger partial charge in [-0.15, -0.1) is 12.4 Å². The normalized spacial score (nSPS) is 19.7. The Bertz CT molecular complexity index is 729. The molecule has 1 aromatic carbocycles. The summed E-state index contributed by atoms with van der Waals surface area (Å²) >= 11 is 0. The predicted octanol–water partition coefficient (Wildman–Crippen LogP) is 2.67. The molecule has 2 N–H and O–H groups in total. The lowest BCUT2D eigenvalue weighted by atomic mass is 9.79. The molecule has 1 aliphatic heterocycles. The van der Waals surface area contributed by atoms with Gasteiger partial charge in [-0.1, -0.05) is 31.1 Å². The summed E-state index contributed by atoms with van der Waals surface area (Å²) in [7, 11) is 0. The van der Waals surface area contributed by atoms with Crippen LogP contribution in [0.15, 0.2) is 28.8 Å². The van der Waals surface area contributed by atoms with Gasteiger partial charge < -0.3 is 15.2 Å². The number of amides is 1. The highest BCUT2D eigenvalue weighted by Gasteiger charge is 2.36. The van der Waals surface area contributed by atoms with E-state index in [2.05, 4.69) is 24.0 Å². The van der Waals surface area contributed by atoms with Crippen molar-refractivity contribution in [2.24, 2.45) is 11.1 Å². The Labute approximate surface area is 147 Å². The zero-order chi connectivity index (χ0) is 16.6. The largest absolute Gasteiger partial charge is 0.338 e. The molecule has 0 spiro atoms. The number of benzene rings is 1. The van der Waals surface area contributed by atoms with Gasteiger partial charge in [0.15, 0.2) is 5.82 Å². The van der Waals surface area contributed by atoms with Crippen molar-refractivity contribution in [3.8, 4) is 11.5 Å². The Morgan fingerprint density at radius 1 is 1.38 bits per heavy atom. The van der Waals surface area contributed by atoms with Crippen molar-refractivity contribution in [1.29, 1.82) is 0 Å². The highest BCUT2D eigenvalue weighted by Crippen LogP contribution is 2.30. The fraction of sp³-hybridized carbons (Fsp3) is 0.471. The average molecular weight is 351 g/mol. The summed E-state index contributed by atoms with van der Waals surface area (Å²) in [6.45, 7) is 7.27. The molecule has 0 aliphatic carbocycles. The molecule has 1 fully saturated rings. The average Bonchev–Trinajstić information content (AvgIpc) is 2.95. The fourth-order valence-corrected chi connectivity index (χ4v) is 2.98. The second-order valence-corrected chi connectivity index (χ2v) is 6.80. The number of rotatable bonds is 2. The SMILES string of the molecule is Cc1noc(-c2ccccc2C(=O)N2CCC(N)C(C)(C)C2)n1.Cl. The van der Waals surface area contributed by atoms with E-state index in [4.69, 9.17) is 10.3 Å². The number of halogens is 1. The summed E-state index contributed by atoms with van der Waals surface area (Å²) in [5.41, 5.74) is 7.33. The number of aryl methyl sites for hydroxylation is 1. The van der Waals surface area contributed by atoms with Crippen LogP contribution in [0, 0.1) is 12.3 Å². The molecule has 1 unspecified atom stereocenters. The molecule has 7 heteroatoms. The van der Waals surface area contributed by atoms with Gasteiger partial charge in [-0.2, -0.15) is 4.98 Å². The quantitative estimate of drug-likeness (QED) is 0.899. The molecule has 1 amide bonds. The van der Waals surface area contributed by atoms with Crippen molar-refractivity contribution in [3.63, 3.8) is 0 Å². The van der Waals surface area contributed by atoms with Gasteiger partial charge in [-0.05, 0) is 30.9 Å². The number of aromatic nitrogens is 2. The molecule has 6 nitrogen and oxygen atoms in total. The maximum Gasteiger partial charge on any atom is 0.258 e. The van der Waals surface area contributed by atoms with Gasteiger partial charge in [-0.25, -0.2) is 0 Å². The van der Waals surface area contributed by atoms with Crippen LogP contribution < -0.4 is 5.73 Å². The molecule has 0 radical (unpaired) electrons. The third-order valence-corrected chi connectivity index (χ3v) is 4.51. The van der Waals surface area contributed by atoms with E-state index in [0.717, 1.165) is 6.42 Å². The van der Waals surface area contributed by atoms with E-state index in [1.54, 1.807) is 13.0 Å². The van der Waals surface area contributed by atoms with Crippen molar-refractivity contribution >= 4 is 18.3 Å². The molecule has 2 heterocycles. The van der Waals surface area contributed by atoms with Crippen LogP contribution in [-0.4, -0.2) is 40.1 Å². The first kappa shape index (κ1) is 18.4. The van der Waals surface area contributed by atoms with Crippen LogP contribution in [0.4, 0.5) is 0 Å². The Balaban J connectivity index is 0.00000208. The molecule has 2 aromatic rings. The molecule has 1 atom stereocenters. The molecule has 24 heavy (non-hydrogen) atoms. The van der Waals surface area contributed by atoms with Crippen molar-refractivity contribution in [3.05, 3.63) is 35.7 Å². The number of hydrogen-bond donors (Lipinski definition) is 1. The molecular weight excluding hydrogens is 328 g/mol. The number of piperidine rings is 1. The summed E-state index contributed by atoms with van der Waals surface area (Å²) in [4.78, 5) is 19.1. The van der Waals surface area contributed by atoms with E-state index in [9.17, 15) is 4.79 Å². The van der Waals surface area contributed by atoms with E-state index in [0.29, 0.717) is 35.9 Å². The van der Waals surface area contributed by atoms with Gasteiger partial charge in [0, 0.05) is 19.1 Å². The van der Waals surface area contributed by atoms with E-state index in [1.807, 2.05) is 23.1 Å². The van der Waals surface area contributed by atoms with Gasteiger partial charge in [0.1, 0.15) is 0 Å². The Morgan fingerprint density at radius 3 is 2.71 bits per heavy atom. The Kier molecular flexibility index (Phi) is 5.30. The van der Waals surface area contributed by atoms with Gasteiger partial charge in [0.05, 0.1) is 11.1 Å². The van der Waals surface area contributed by atoms with Crippen LogP contribution in [0.2, 0.25) is 0 Å². The van der Waals surface area contributed by atoms with Gasteiger partial charge in [0.2, 0.25) is 0 Å². The zero-order valence-corrected chi connectivity index (χ0v) is 15.0. The molecule has 0 bridgehead atoms. The number of hydrogen-bond acceptors (Lipinski definition) is 5. The summed E-state index contributed by atoms with van der Waals surface area (Å²) in [5.74, 6) is 0.906. The number of nitrogens with zero attached hydrogens (tertiary/aromatic N) is 3. The second kappa shape index (κ2) is 6.91. The van der Waals surface area contributed by atoms with Crippen LogP contribution in [0.1, 0.15) is 36.5 Å². The Hall–Kier alpha value is -1.92. The second-order valence-electron chi connectivity index (χ2n) is 6.80. The summed E-state index contributed by atoms with van der Waals surface area (Å²) in [6.07, 6.45) is 0.806.